The Morgan fingerprint density at radius 3 is 1.64 bits per heavy atom. The van der Waals surface area contributed by atoms with Crippen LogP contribution >= 0.6 is 11.8 Å². The molecule has 0 aromatic carbocycles. The second kappa shape index (κ2) is 16.3. The summed E-state index contributed by atoms with van der Waals surface area (Å²) in [7, 11) is 2.72. The fraction of sp³-hybridized carbons (Fsp3) is 0.941. The molecule has 0 unspecified atom stereocenters. The fourth-order valence-electron chi connectivity index (χ4n) is 2.49. The predicted octanol–water partition coefficient (Wildman–Crippen LogP) is 5.33. The van der Waals surface area contributed by atoms with Gasteiger partial charge in [0.2, 0.25) is 0 Å². The molecule has 0 fully saturated rings. The van der Waals surface area contributed by atoms with E-state index in [-0.39, 0.29) is 0 Å². The summed E-state index contributed by atoms with van der Waals surface area (Å²) < 4.78 is 16.3. The third-order valence-corrected chi connectivity index (χ3v) is 7.98. The molecule has 1 radical (unpaired) electrons. The van der Waals surface area contributed by atoms with E-state index in [0.717, 1.165) is 18.9 Å². The summed E-state index contributed by atoms with van der Waals surface area (Å²) in [4.78, 5) is 0. The van der Waals surface area contributed by atoms with Crippen molar-refractivity contribution in [2.45, 2.75) is 70.3 Å². The summed E-state index contributed by atoms with van der Waals surface area (Å²) in [5, 5.41) is 0. The highest BCUT2D eigenvalue weighted by Gasteiger charge is 2.36. The number of hydrogen-bond donors (Lipinski definition) is 0. The lowest BCUT2D eigenvalue weighted by Crippen LogP contribution is -2.42. The van der Waals surface area contributed by atoms with Crippen molar-refractivity contribution in [1.29, 1.82) is 0 Å². The topological polar surface area (TPSA) is 27.7 Å². The van der Waals surface area contributed by atoms with Crippen LogP contribution in [0, 0.1) is 6.92 Å². The molecule has 0 heterocycles. The van der Waals surface area contributed by atoms with Gasteiger partial charge in [-0.1, -0.05) is 58.3 Å². The van der Waals surface area contributed by atoms with Crippen molar-refractivity contribution in [2.75, 3.05) is 32.8 Å². The van der Waals surface area contributed by atoms with Crippen LogP contribution in [0.4, 0.5) is 0 Å². The Morgan fingerprint density at radius 2 is 1.14 bits per heavy atom. The van der Waals surface area contributed by atoms with Gasteiger partial charge in [0.1, 0.15) is 0 Å². The van der Waals surface area contributed by atoms with E-state index >= 15 is 0 Å². The number of thioether (sulfide) groups is 1. The largest absolute Gasteiger partial charge is 0.500 e. The lowest BCUT2D eigenvalue weighted by molar-refractivity contribution is 0.123. The van der Waals surface area contributed by atoms with Gasteiger partial charge in [0, 0.05) is 27.4 Å². The molecule has 0 amide bonds. The first-order valence-corrected chi connectivity index (χ1v) is 11.9. The lowest BCUT2D eigenvalue weighted by Gasteiger charge is -2.24. The Kier molecular flexibility index (Phi) is 16.6. The number of rotatable bonds is 17. The van der Waals surface area contributed by atoms with E-state index in [0.29, 0.717) is 0 Å². The molecule has 0 bridgehead atoms. The maximum atomic E-state index is 5.43. The van der Waals surface area contributed by atoms with Gasteiger partial charge in [-0.05, 0) is 24.3 Å². The molecule has 0 aromatic rings. The standard InChI is InChI=1S/C17H37O3SSi/c1-5-6-7-8-9-10-11-12-13-15-21-16-14-17-22(18-2,19-3)20-4/h1,5-17H2,2-4H3. The smallest absolute Gasteiger partial charge is 0.377 e. The van der Waals surface area contributed by atoms with Crippen LogP contribution in [0.5, 0.6) is 0 Å². The zero-order valence-corrected chi connectivity index (χ0v) is 16.8. The highest BCUT2D eigenvalue weighted by molar-refractivity contribution is 7.99. The minimum Gasteiger partial charge on any atom is -0.377 e. The van der Waals surface area contributed by atoms with Gasteiger partial charge in [0.05, 0.1) is 0 Å². The lowest BCUT2D eigenvalue weighted by atomic mass is 10.1. The van der Waals surface area contributed by atoms with Crippen molar-refractivity contribution >= 4 is 20.6 Å². The van der Waals surface area contributed by atoms with Gasteiger partial charge >= 0.3 is 8.80 Å². The molecule has 0 spiro atoms. The molecule has 0 aliphatic heterocycles. The molecule has 0 aliphatic carbocycles. The highest BCUT2D eigenvalue weighted by atomic mass is 32.2. The molecular weight excluding hydrogens is 312 g/mol. The molecule has 0 N–H and O–H groups in total. The van der Waals surface area contributed by atoms with Gasteiger partial charge in [-0.15, -0.1) is 0 Å². The van der Waals surface area contributed by atoms with E-state index < -0.39 is 8.80 Å². The van der Waals surface area contributed by atoms with E-state index in [1.807, 2.05) is 11.8 Å². The summed E-state index contributed by atoms with van der Waals surface area (Å²) in [5.74, 6) is 2.46. The van der Waals surface area contributed by atoms with Crippen LogP contribution in [-0.4, -0.2) is 41.6 Å². The van der Waals surface area contributed by atoms with Crippen molar-refractivity contribution in [3.63, 3.8) is 0 Å². The number of unbranched alkanes of at least 4 members (excludes halogenated alkanes) is 8. The SMILES string of the molecule is [CH2]CCCCCCCCCCSCCC[Si](OC)(OC)OC. The molecule has 0 saturated carbocycles. The third-order valence-electron chi connectivity index (χ3n) is 3.99. The van der Waals surface area contributed by atoms with Gasteiger partial charge in [0.25, 0.3) is 0 Å². The van der Waals surface area contributed by atoms with E-state index in [2.05, 4.69) is 6.92 Å². The maximum Gasteiger partial charge on any atom is 0.500 e. The average Bonchev–Trinajstić information content (AvgIpc) is 2.56. The second-order valence-electron chi connectivity index (χ2n) is 5.69. The van der Waals surface area contributed by atoms with Crippen LogP contribution in [0.3, 0.4) is 0 Å². The minimum absolute atomic E-state index is 0.913. The molecule has 0 aliphatic rings. The molecule has 0 aromatic heterocycles. The minimum atomic E-state index is -2.33. The quantitative estimate of drug-likeness (QED) is 0.262. The highest BCUT2D eigenvalue weighted by Crippen LogP contribution is 2.18. The second-order valence-corrected chi connectivity index (χ2v) is 10.0. The Hall–Kier alpha value is 0.447. The Balaban J connectivity index is 3.27. The molecule has 0 atom stereocenters. The molecule has 133 valence electrons. The van der Waals surface area contributed by atoms with Gasteiger partial charge in [-0.3, -0.25) is 0 Å². The van der Waals surface area contributed by atoms with Gasteiger partial charge in [-0.2, -0.15) is 11.8 Å². The molecule has 5 heteroatoms. The maximum absolute atomic E-state index is 5.43. The van der Waals surface area contributed by atoms with Crippen molar-refractivity contribution in [3.8, 4) is 0 Å². The number of hydrogen-bond acceptors (Lipinski definition) is 4. The van der Waals surface area contributed by atoms with Crippen LogP contribution in [0.25, 0.3) is 0 Å². The fourth-order valence-corrected chi connectivity index (χ4v) is 5.43. The molecule has 0 rings (SSSR count). The van der Waals surface area contributed by atoms with E-state index in [1.165, 1.54) is 62.9 Å². The van der Waals surface area contributed by atoms with Crippen molar-refractivity contribution in [2.24, 2.45) is 0 Å². The molecule has 0 saturated heterocycles. The Bertz CT molecular complexity index is 218. The van der Waals surface area contributed by atoms with Crippen LogP contribution in [-0.2, 0) is 13.3 Å². The first kappa shape index (κ1) is 22.4. The summed E-state index contributed by atoms with van der Waals surface area (Å²) >= 11 is 2.05. The summed E-state index contributed by atoms with van der Waals surface area (Å²) in [6.45, 7) is 3.88. The van der Waals surface area contributed by atoms with Crippen molar-refractivity contribution in [1.82, 2.24) is 0 Å². The first-order valence-electron chi connectivity index (χ1n) is 8.77. The van der Waals surface area contributed by atoms with Crippen molar-refractivity contribution < 1.29 is 13.3 Å². The van der Waals surface area contributed by atoms with Gasteiger partial charge in [-0.25, -0.2) is 0 Å². The summed E-state index contributed by atoms with van der Waals surface area (Å²) in [6, 6.07) is 0.913. The normalized spacial score (nSPS) is 12.0. The van der Waals surface area contributed by atoms with Crippen LogP contribution in [0.1, 0.15) is 64.2 Å². The Labute approximate surface area is 144 Å². The van der Waals surface area contributed by atoms with E-state index in [9.17, 15) is 0 Å². The van der Waals surface area contributed by atoms with Gasteiger partial charge < -0.3 is 13.3 Å². The molecule has 3 nitrogen and oxygen atoms in total. The average molecular weight is 350 g/mol. The predicted molar refractivity (Wildman–Crippen MR) is 100 cm³/mol. The first-order chi connectivity index (χ1) is 10.7. The monoisotopic (exact) mass is 349 g/mol. The Morgan fingerprint density at radius 1 is 0.682 bits per heavy atom. The van der Waals surface area contributed by atoms with Crippen LogP contribution in [0.2, 0.25) is 6.04 Å². The summed E-state index contributed by atoms with van der Waals surface area (Å²) in [5.41, 5.74) is 0. The van der Waals surface area contributed by atoms with Crippen LogP contribution < -0.4 is 0 Å². The van der Waals surface area contributed by atoms with E-state index in [4.69, 9.17) is 13.3 Å². The summed E-state index contributed by atoms with van der Waals surface area (Å²) in [6.07, 6.45) is 13.2. The van der Waals surface area contributed by atoms with Crippen molar-refractivity contribution in [3.05, 3.63) is 6.92 Å². The van der Waals surface area contributed by atoms with Crippen LogP contribution in [0.15, 0.2) is 0 Å². The molecular formula is C17H37O3SSi. The zero-order valence-electron chi connectivity index (χ0n) is 15.0. The zero-order chi connectivity index (χ0) is 16.5. The third kappa shape index (κ3) is 11.9. The van der Waals surface area contributed by atoms with E-state index in [1.54, 1.807) is 21.3 Å². The molecule has 22 heavy (non-hydrogen) atoms. The van der Waals surface area contributed by atoms with Gasteiger partial charge in [0.15, 0.2) is 0 Å².